The number of hydrogen-bond donors (Lipinski definition) is 1. The molecule has 1 N–H and O–H groups in total. The van der Waals surface area contributed by atoms with Crippen LogP contribution in [0.15, 0.2) is 52.0 Å². The number of furan rings is 1. The first-order valence-electron chi connectivity index (χ1n) is 8.63. The highest BCUT2D eigenvalue weighted by Crippen LogP contribution is 2.30. The molecule has 0 aliphatic heterocycles. The Bertz CT molecular complexity index is 1050. The SMILES string of the molecule is CSc1ccc(C(=O)/C=C/c2cc(C)c(OCC(=O)O)c(C)c2)c2occc12. The van der Waals surface area contributed by atoms with E-state index in [-0.39, 0.29) is 12.4 Å². The summed E-state index contributed by atoms with van der Waals surface area (Å²) in [6, 6.07) is 9.28. The summed E-state index contributed by atoms with van der Waals surface area (Å²) in [7, 11) is 0. The van der Waals surface area contributed by atoms with Gasteiger partial charge in [0, 0.05) is 10.3 Å². The number of hydrogen-bond acceptors (Lipinski definition) is 5. The van der Waals surface area contributed by atoms with Gasteiger partial charge in [0.05, 0.1) is 11.8 Å². The Morgan fingerprint density at radius 2 is 1.89 bits per heavy atom. The van der Waals surface area contributed by atoms with Crippen LogP contribution in [0.25, 0.3) is 17.0 Å². The first-order chi connectivity index (χ1) is 13.4. The lowest BCUT2D eigenvalue weighted by atomic mass is 10.0. The summed E-state index contributed by atoms with van der Waals surface area (Å²) in [5.41, 5.74) is 3.56. The van der Waals surface area contributed by atoms with Crippen LogP contribution in [0, 0.1) is 13.8 Å². The minimum absolute atomic E-state index is 0.144. The third-order valence-electron chi connectivity index (χ3n) is 4.31. The second-order valence-electron chi connectivity index (χ2n) is 6.34. The normalized spacial score (nSPS) is 11.2. The van der Waals surface area contributed by atoms with E-state index in [0.717, 1.165) is 27.0 Å². The molecule has 5 nitrogen and oxygen atoms in total. The third kappa shape index (κ3) is 4.12. The zero-order valence-corrected chi connectivity index (χ0v) is 16.6. The van der Waals surface area contributed by atoms with Gasteiger partial charge >= 0.3 is 5.97 Å². The fourth-order valence-electron chi connectivity index (χ4n) is 3.11. The first-order valence-corrected chi connectivity index (χ1v) is 9.85. The van der Waals surface area contributed by atoms with Crippen molar-refractivity contribution in [3.63, 3.8) is 0 Å². The predicted molar refractivity (Wildman–Crippen MR) is 110 cm³/mol. The number of allylic oxidation sites excluding steroid dienone is 1. The number of carbonyl (C=O) groups excluding carboxylic acids is 1. The topological polar surface area (TPSA) is 76.7 Å². The number of carboxylic acids is 1. The summed E-state index contributed by atoms with van der Waals surface area (Å²) >= 11 is 1.61. The van der Waals surface area contributed by atoms with Crippen molar-refractivity contribution >= 4 is 40.6 Å². The van der Waals surface area contributed by atoms with E-state index >= 15 is 0 Å². The average molecular weight is 396 g/mol. The highest BCUT2D eigenvalue weighted by atomic mass is 32.2. The Morgan fingerprint density at radius 3 is 2.54 bits per heavy atom. The van der Waals surface area contributed by atoms with Crippen molar-refractivity contribution < 1.29 is 23.8 Å². The molecule has 0 atom stereocenters. The molecular formula is C22H20O5S. The van der Waals surface area contributed by atoms with Gasteiger partial charge in [-0.15, -0.1) is 11.8 Å². The average Bonchev–Trinajstić information content (AvgIpc) is 3.14. The number of rotatable bonds is 7. The number of thioether (sulfide) groups is 1. The number of ether oxygens (including phenoxy) is 1. The smallest absolute Gasteiger partial charge is 0.341 e. The molecule has 0 spiro atoms. The maximum Gasteiger partial charge on any atom is 0.341 e. The van der Waals surface area contributed by atoms with Gasteiger partial charge in [-0.2, -0.15) is 0 Å². The fourth-order valence-corrected chi connectivity index (χ4v) is 3.70. The molecule has 6 heteroatoms. The molecule has 1 heterocycles. The highest BCUT2D eigenvalue weighted by Gasteiger charge is 2.13. The van der Waals surface area contributed by atoms with Crippen molar-refractivity contribution in [2.75, 3.05) is 12.9 Å². The number of ketones is 1. The van der Waals surface area contributed by atoms with Crippen LogP contribution in [0.4, 0.5) is 0 Å². The van der Waals surface area contributed by atoms with E-state index in [9.17, 15) is 9.59 Å². The van der Waals surface area contributed by atoms with Crippen molar-refractivity contribution in [1.82, 2.24) is 0 Å². The lowest BCUT2D eigenvalue weighted by Crippen LogP contribution is -2.11. The molecule has 28 heavy (non-hydrogen) atoms. The van der Waals surface area contributed by atoms with Gasteiger partial charge in [-0.3, -0.25) is 4.79 Å². The van der Waals surface area contributed by atoms with Crippen LogP contribution in [-0.4, -0.2) is 29.7 Å². The van der Waals surface area contributed by atoms with E-state index < -0.39 is 5.97 Å². The van der Waals surface area contributed by atoms with Crippen molar-refractivity contribution in [3.05, 3.63) is 64.9 Å². The maximum absolute atomic E-state index is 12.7. The molecule has 0 fully saturated rings. The zero-order valence-electron chi connectivity index (χ0n) is 15.8. The molecule has 144 valence electrons. The Balaban J connectivity index is 1.85. The molecule has 0 saturated heterocycles. The van der Waals surface area contributed by atoms with Crippen molar-refractivity contribution in [2.24, 2.45) is 0 Å². The van der Waals surface area contributed by atoms with Gasteiger partial charge in [-0.05, 0) is 73.2 Å². The highest BCUT2D eigenvalue weighted by molar-refractivity contribution is 7.98. The van der Waals surface area contributed by atoms with E-state index in [0.29, 0.717) is 16.9 Å². The predicted octanol–water partition coefficient (Wildman–Crippen LogP) is 5.13. The number of aliphatic carboxylic acids is 1. The minimum atomic E-state index is -1.02. The van der Waals surface area contributed by atoms with E-state index in [4.69, 9.17) is 14.3 Å². The number of aryl methyl sites for hydroxylation is 2. The molecule has 2 aromatic carbocycles. The number of carboxylic acid groups (broad SMARTS) is 1. The van der Waals surface area contributed by atoms with Crippen molar-refractivity contribution in [3.8, 4) is 5.75 Å². The maximum atomic E-state index is 12.7. The van der Waals surface area contributed by atoms with Crippen LogP contribution in [0.1, 0.15) is 27.0 Å². The Hall–Kier alpha value is -2.99. The molecule has 3 aromatic rings. The van der Waals surface area contributed by atoms with Crippen LogP contribution < -0.4 is 4.74 Å². The van der Waals surface area contributed by atoms with Crippen LogP contribution >= 0.6 is 11.8 Å². The van der Waals surface area contributed by atoms with Gasteiger partial charge in [-0.25, -0.2) is 4.79 Å². The van der Waals surface area contributed by atoms with Gasteiger partial charge in [0.2, 0.25) is 0 Å². The molecule has 0 saturated carbocycles. The number of benzene rings is 2. The van der Waals surface area contributed by atoms with Crippen molar-refractivity contribution in [2.45, 2.75) is 18.7 Å². The first kappa shape index (κ1) is 19.8. The van der Waals surface area contributed by atoms with E-state index in [1.54, 1.807) is 30.2 Å². The number of fused-ring (bicyclic) bond motifs is 1. The second-order valence-corrected chi connectivity index (χ2v) is 7.19. The fraction of sp³-hybridized carbons (Fsp3) is 0.182. The van der Waals surface area contributed by atoms with Crippen molar-refractivity contribution in [1.29, 1.82) is 0 Å². The molecule has 0 unspecified atom stereocenters. The second kappa shape index (κ2) is 8.35. The summed E-state index contributed by atoms with van der Waals surface area (Å²) in [5.74, 6) is -0.616. The van der Waals surface area contributed by atoms with Gasteiger partial charge in [-0.1, -0.05) is 6.08 Å². The van der Waals surface area contributed by atoms with Gasteiger partial charge in [0.1, 0.15) is 11.3 Å². The zero-order chi connectivity index (χ0) is 20.3. The van der Waals surface area contributed by atoms with Crippen LogP contribution in [0.2, 0.25) is 0 Å². The number of carbonyl (C=O) groups is 2. The summed E-state index contributed by atoms with van der Waals surface area (Å²) in [5, 5.41) is 9.70. The van der Waals surface area contributed by atoms with Crippen LogP contribution in [-0.2, 0) is 4.79 Å². The molecule has 0 radical (unpaired) electrons. The van der Waals surface area contributed by atoms with Gasteiger partial charge in [0.15, 0.2) is 12.4 Å². The summed E-state index contributed by atoms with van der Waals surface area (Å²) in [6.07, 6.45) is 6.83. The molecule has 1 aromatic heterocycles. The standard InChI is InChI=1S/C22H20O5S/c1-13-10-15(11-14(2)21(13)27-12-20(24)25)4-6-18(23)16-5-7-19(28-3)17-8-9-26-22(16)17/h4-11H,12H2,1-3H3,(H,24,25)/b6-4+. The van der Waals surface area contributed by atoms with Crippen LogP contribution in [0.3, 0.4) is 0 Å². The summed E-state index contributed by atoms with van der Waals surface area (Å²) < 4.78 is 10.9. The third-order valence-corrected chi connectivity index (χ3v) is 5.11. The monoisotopic (exact) mass is 396 g/mol. The quantitative estimate of drug-likeness (QED) is 0.339. The van der Waals surface area contributed by atoms with E-state index in [2.05, 4.69) is 0 Å². The Kier molecular flexibility index (Phi) is 5.90. The minimum Gasteiger partial charge on any atom is -0.481 e. The van der Waals surface area contributed by atoms with E-state index in [1.807, 2.05) is 44.4 Å². The summed E-state index contributed by atoms with van der Waals surface area (Å²) in [4.78, 5) is 24.5. The molecule has 3 rings (SSSR count). The lowest BCUT2D eigenvalue weighted by Gasteiger charge is -2.11. The molecule has 0 bridgehead atoms. The lowest BCUT2D eigenvalue weighted by molar-refractivity contribution is -0.139. The molecule has 0 aliphatic rings. The van der Waals surface area contributed by atoms with Gasteiger partial charge < -0.3 is 14.3 Å². The molecule has 0 amide bonds. The van der Waals surface area contributed by atoms with E-state index in [1.165, 1.54) is 6.08 Å². The largest absolute Gasteiger partial charge is 0.481 e. The Labute approximate surface area is 167 Å². The van der Waals surface area contributed by atoms with Crippen LogP contribution in [0.5, 0.6) is 5.75 Å². The molecular weight excluding hydrogens is 376 g/mol. The van der Waals surface area contributed by atoms with Gasteiger partial charge in [0.25, 0.3) is 0 Å². The molecule has 0 aliphatic carbocycles. The summed E-state index contributed by atoms with van der Waals surface area (Å²) in [6.45, 7) is 3.30. The Morgan fingerprint density at radius 1 is 1.18 bits per heavy atom.